The molecule has 7 nitrogen and oxygen atoms in total. The first-order valence-corrected chi connectivity index (χ1v) is 6.18. The highest BCUT2D eigenvalue weighted by Gasteiger charge is 2.26. The lowest BCUT2D eigenvalue weighted by Gasteiger charge is -2.35. The van der Waals surface area contributed by atoms with Gasteiger partial charge in [-0.25, -0.2) is 4.98 Å². The number of nitro groups is 1. The van der Waals surface area contributed by atoms with Crippen LogP contribution in [0.25, 0.3) is 0 Å². The molecule has 0 bridgehead atoms. The topological polar surface area (TPSA) is 88.7 Å². The van der Waals surface area contributed by atoms with E-state index in [1.165, 1.54) is 12.3 Å². The van der Waals surface area contributed by atoms with Gasteiger partial charge < -0.3 is 14.7 Å². The largest absolute Gasteiger partial charge is 0.394 e. The summed E-state index contributed by atoms with van der Waals surface area (Å²) in [6, 6.07) is 1.23. The van der Waals surface area contributed by atoms with Crippen molar-refractivity contribution < 1.29 is 14.8 Å². The normalized spacial score (nSPS) is 19.9. The molecule has 0 amide bonds. The Kier molecular flexibility index (Phi) is 4.10. The van der Waals surface area contributed by atoms with E-state index in [1.807, 2.05) is 4.90 Å². The maximum absolute atomic E-state index is 10.6. The summed E-state index contributed by atoms with van der Waals surface area (Å²) >= 11 is 3.28. The smallest absolute Gasteiger partial charge is 0.288 e. The quantitative estimate of drug-likeness (QED) is 0.659. The first kappa shape index (κ1) is 13.2. The highest BCUT2D eigenvalue weighted by atomic mass is 79.9. The molecular weight excluding hydrogens is 306 g/mol. The highest BCUT2D eigenvalue weighted by molar-refractivity contribution is 9.10. The van der Waals surface area contributed by atoms with E-state index < -0.39 is 4.92 Å². The lowest BCUT2D eigenvalue weighted by molar-refractivity contribution is -0.385. The number of aliphatic hydroxyl groups is 1. The van der Waals surface area contributed by atoms with E-state index >= 15 is 0 Å². The molecular formula is C10H12BrN3O4. The Hall–Kier alpha value is -1.25. The number of hydrogen-bond donors (Lipinski definition) is 1. The van der Waals surface area contributed by atoms with Crippen molar-refractivity contribution in [2.24, 2.45) is 0 Å². The van der Waals surface area contributed by atoms with Crippen molar-refractivity contribution in [1.29, 1.82) is 0 Å². The molecule has 1 saturated heterocycles. The molecule has 1 aromatic rings. The van der Waals surface area contributed by atoms with Gasteiger partial charge in [0, 0.05) is 12.6 Å². The minimum Gasteiger partial charge on any atom is -0.394 e. The van der Waals surface area contributed by atoms with Gasteiger partial charge in [0.15, 0.2) is 0 Å². The number of aromatic nitrogens is 1. The Morgan fingerprint density at radius 2 is 2.50 bits per heavy atom. The summed E-state index contributed by atoms with van der Waals surface area (Å²) in [5, 5.41) is 19.9. The molecule has 0 spiro atoms. The second-order valence-corrected chi connectivity index (χ2v) is 4.72. The monoisotopic (exact) mass is 317 g/mol. The summed E-state index contributed by atoms with van der Waals surface area (Å²) < 4.78 is 5.81. The average molecular weight is 318 g/mol. The zero-order valence-electron chi connectivity index (χ0n) is 9.45. The molecule has 0 aliphatic carbocycles. The first-order valence-electron chi connectivity index (χ1n) is 5.38. The van der Waals surface area contributed by atoms with Gasteiger partial charge in [0.2, 0.25) is 0 Å². The molecule has 1 fully saturated rings. The average Bonchev–Trinajstić information content (AvgIpc) is 2.38. The third-order valence-electron chi connectivity index (χ3n) is 2.73. The van der Waals surface area contributed by atoms with Crippen molar-refractivity contribution in [2.45, 2.75) is 6.04 Å². The van der Waals surface area contributed by atoms with Gasteiger partial charge in [0.05, 0.1) is 35.3 Å². The number of hydrogen-bond acceptors (Lipinski definition) is 6. The van der Waals surface area contributed by atoms with E-state index in [0.717, 1.165) is 0 Å². The van der Waals surface area contributed by atoms with Crippen molar-refractivity contribution >= 4 is 27.4 Å². The van der Waals surface area contributed by atoms with Crippen molar-refractivity contribution in [2.75, 3.05) is 31.3 Å². The van der Waals surface area contributed by atoms with Crippen LogP contribution in [0.4, 0.5) is 11.5 Å². The van der Waals surface area contributed by atoms with Crippen LogP contribution < -0.4 is 4.90 Å². The Labute approximate surface area is 112 Å². The number of rotatable bonds is 3. The van der Waals surface area contributed by atoms with Crippen molar-refractivity contribution in [3.8, 4) is 0 Å². The second kappa shape index (κ2) is 5.59. The van der Waals surface area contributed by atoms with Gasteiger partial charge in [0.25, 0.3) is 5.69 Å². The molecule has 1 atom stereocenters. The van der Waals surface area contributed by atoms with E-state index in [1.54, 1.807) is 0 Å². The summed E-state index contributed by atoms with van der Waals surface area (Å²) in [6.45, 7) is 1.50. The molecule has 1 unspecified atom stereocenters. The van der Waals surface area contributed by atoms with Crippen LogP contribution in [0.2, 0.25) is 0 Å². The lowest BCUT2D eigenvalue weighted by atomic mass is 10.2. The summed E-state index contributed by atoms with van der Waals surface area (Å²) in [4.78, 5) is 16.1. The van der Waals surface area contributed by atoms with E-state index in [-0.39, 0.29) is 18.3 Å². The summed E-state index contributed by atoms with van der Waals surface area (Å²) in [7, 11) is 0. The van der Waals surface area contributed by atoms with Crippen LogP contribution in [0.1, 0.15) is 0 Å². The van der Waals surface area contributed by atoms with E-state index in [9.17, 15) is 15.2 Å². The molecule has 2 rings (SSSR count). The van der Waals surface area contributed by atoms with Crippen LogP contribution in [0.5, 0.6) is 0 Å². The minimum absolute atomic E-state index is 0.0505. The summed E-state index contributed by atoms with van der Waals surface area (Å²) in [6.07, 6.45) is 1.21. The van der Waals surface area contributed by atoms with Crippen molar-refractivity contribution in [3.63, 3.8) is 0 Å². The summed E-state index contributed by atoms with van der Waals surface area (Å²) in [5.74, 6) is 0.586. The fourth-order valence-electron chi connectivity index (χ4n) is 1.82. The van der Waals surface area contributed by atoms with E-state index in [0.29, 0.717) is 30.0 Å². The van der Waals surface area contributed by atoms with Gasteiger partial charge in [-0.15, -0.1) is 0 Å². The van der Waals surface area contributed by atoms with Gasteiger partial charge in [-0.05, 0) is 15.9 Å². The van der Waals surface area contributed by atoms with Gasteiger partial charge in [-0.3, -0.25) is 10.1 Å². The van der Waals surface area contributed by atoms with Gasteiger partial charge in [0.1, 0.15) is 12.0 Å². The second-order valence-electron chi connectivity index (χ2n) is 3.86. The van der Waals surface area contributed by atoms with Gasteiger partial charge in [-0.1, -0.05) is 0 Å². The molecule has 1 N–H and O–H groups in total. The number of aliphatic hydroxyl groups excluding tert-OH is 1. The number of nitrogens with zero attached hydrogens (tertiary/aromatic N) is 3. The van der Waals surface area contributed by atoms with Crippen LogP contribution in [0, 0.1) is 10.1 Å². The fraction of sp³-hybridized carbons (Fsp3) is 0.500. The van der Waals surface area contributed by atoms with Crippen LogP contribution in [-0.2, 0) is 4.74 Å². The maximum Gasteiger partial charge on any atom is 0.288 e. The lowest BCUT2D eigenvalue weighted by Crippen LogP contribution is -2.48. The molecule has 18 heavy (non-hydrogen) atoms. The predicted octanol–water partition coefficient (Wildman–Crippen LogP) is 0.950. The van der Waals surface area contributed by atoms with Crippen molar-refractivity contribution in [1.82, 2.24) is 4.98 Å². The Balaban J connectivity index is 2.29. The molecule has 8 heteroatoms. The van der Waals surface area contributed by atoms with Crippen molar-refractivity contribution in [3.05, 3.63) is 26.9 Å². The number of pyridine rings is 1. The SMILES string of the molecule is O=[N+]([O-])c1cnc(N2CCOCC2CO)c(Br)c1. The summed E-state index contributed by atoms with van der Waals surface area (Å²) in [5.41, 5.74) is -0.0700. The van der Waals surface area contributed by atoms with E-state index in [2.05, 4.69) is 20.9 Å². The molecule has 0 saturated carbocycles. The maximum atomic E-state index is 10.6. The number of anilines is 1. The molecule has 2 heterocycles. The van der Waals surface area contributed by atoms with Crippen LogP contribution in [0.3, 0.4) is 0 Å². The fourth-order valence-corrected chi connectivity index (χ4v) is 2.38. The minimum atomic E-state index is -0.496. The molecule has 1 aliphatic rings. The third kappa shape index (κ3) is 2.60. The Morgan fingerprint density at radius 3 is 3.11 bits per heavy atom. The molecule has 0 radical (unpaired) electrons. The van der Waals surface area contributed by atoms with Crippen LogP contribution in [-0.4, -0.2) is 47.4 Å². The third-order valence-corrected chi connectivity index (χ3v) is 3.31. The predicted molar refractivity (Wildman–Crippen MR) is 67.6 cm³/mol. The molecule has 1 aliphatic heterocycles. The zero-order valence-corrected chi connectivity index (χ0v) is 11.0. The number of ether oxygens (including phenoxy) is 1. The number of halogens is 1. The zero-order chi connectivity index (χ0) is 13.1. The number of morpholine rings is 1. The standard InChI is InChI=1S/C10H12BrN3O4/c11-9-3-7(14(16)17)4-12-10(9)13-1-2-18-6-8(13)5-15/h3-4,8,15H,1-2,5-6H2. The van der Waals surface area contributed by atoms with Crippen LogP contribution in [0.15, 0.2) is 16.7 Å². The Bertz CT molecular complexity index is 457. The molecule has 98 valence electrons. The van der Waals surface area contributed by atoms with Crippen LogP contribution >= 0.6 is 15.9 Å². The molecule has 0 aromatic carbocycles. The van der Waals surface area contributed by atoms with Gasteiger partial charge in [-0.2, -0.15) is 0 Å². The van der Waals surface area contributed by atoms with E-state index in [4.69, 9.17) is 4.74 Å². The highest BCUT2D eigenvalue weighted by Crippen LogP contribution is 2.29. The Morgan fingerprint density at radius 1 is 1.72 bits per heavy atom. The first-order chi connectivity index (χ1) is 8.63. The molecule has 1 aromatic heterocycles. The van der Waals surface area contributed by atoms with Gasteiger partial charge >= 0.3 is 0 Å².